The standard InChI is InChI=1S/C13H16ClN3O2S/c1-8(12(18)15-6-7-19-2)17-11-9(14)4-3-5-10(11)16-13(17)20/h3-5,8H,6-7H2,1-2H3,(H,15,18)(H,16,20). The van der Waals surface area contributed by atoms with Crippen LogP contribution >= 0.6 is 23.8 Å². The van der Waals surface area contributed by atoms with Gasteiger partial charge in [0, 0.05) is 13.7 Å². The molecule has 0 bridgehead atoms. The van der Waals surface area contributed by atoms with Crippen LogP contribution in [0, 0.1) is 4.77 Å². The molecule has 0 spiro atoms. The van der Waals surface area contributed by atoms with Crippen LogP contribution in [-0.2, 0) is 9.53 Å². The predicted molar refractivity (Wildman–Crippen MR) is 81.7 cm³/mol. The first-order valence-electron chi connectivity index (χ1n) is 6.21. The molecule has 0 aliphatic heterocycles. The van der Waals surface area contributed by atoms with Gasteiger partial charge in [0.2, 0.25) is 5.91 Å². The van der Waals surface area contributed by atoms with Gasteiger partial charge in [-0.2, -0.15) is 0 Å². The average molecular weight is 314 g/mol. The van der Waals surface area contributed by atoms with Crippen molar-refractivity contribution in [3.63, 3.8) is 0 Å². The van der Waals surface area contributed by atoms with E-state index in [0.717, 1.165) is 11.0 Å². The molecular formula is C13H16ClN3O2S. The molecule has 0 aliphatic carbocycles. The maximum absolute atomic E-state index is 12.1. The zero-order valence-electron chi connectivity index (χ0n) is 11.3. The lowest BCUT2D eigenvalue weighted by molar-refractivity contribution is -0.124. The lowest BCUT2D eigenvalue weighted by atomic mass is 10.2. The van der Waals surface area contributed by atoms with E-state index < -0.39 is 6.04 Å². The van der Waals surface area contributed by atoms with Gasteiger partial charge in [-0.05, 0) is 31.3 Å². The number of nitrogens with one attached hydrogen (secondary N) is 2. The number of carbonyl (C=O) groups excluding carboxylic acids is 1. The monoisotopic (exact) mass is 313 g/mol. The number of H-pyrrole nitrogens is 1. The van der Waals surface area contributed by atoms with Crippen molar-refractivity contribution in [3.05, 3.63) is 28.0 Å². The Morgan fingerprint density at radius 2 is 2.35 bits per heavy atom. The quantitative estimate of drug-likeness (QED) is 0.659. The van der Waals surface area contributed by atoms with Crippen LogP contribution in [-0.4, -0.2) is 35.7 Å². The SMILES string of the molecule is COCCNC(=O)C(C)n1c(=S)[nH]c2cccc(Cl)c21. The summed E-state index contributed by atoms with van der Waals surface area (Å²) in [6.07, 6.45) is 0. The van der Waals surface area contributed by atoms with Gasteiger partial charge in [-0.1, -0.05) is 17.7 Å². The van der Waals surface area contributed by atoms with Gasteiger partial charge >= 0.3 is 0 Å². The molecule has 7 heteroatoms. The number of rotatable bonds is 5. The molecule has 2 N–H and O–H groups in total. The summed E-state index contributed by atoms with van der Waals surface area (Å²) in [6.45, 7) is 2.72. The average Bonchev–Trinajstić information content (AvgIpc) is 2.75. The van der Waals surface area contributed by atoms with Gasteiger partial charge in [-0.25, -0.2) is 0 Å². The van der Waals surface area contributed by atoms with Gasteiger partial charge in [-0.3, -0.25) is 4.79 Å². The van der Waals surface area contributed by atoms with Crippen molar-refractivity contribution in [2.75, 3.05) is 20.3 Å². The summed E-state index contributed by atoms with van der Waals surface area (Å²) >= 11 is 11.5. The number of para-hydroxylation sites is 1. The molecule has 0 aliphatic rings. The number of amides is 1. The Morgan fingerprint density at radius 1 is 1.60 bits per heavy atom. The van der Waals surface area contributed by atoms with Crippen LogP contribution in [0.3, 0.4) is 0 Å². The van der Waals surface area contributed by atoms with Gasteiger partial charge in [0.25, 0.3) is 0 Å². The molecule has 1 aromatic carbocycles. The van der Waals surface area contributed by atoms with E-state index in [1.54, 1.807) is 24.7 Å². The summed E-state index contributed by atoms with van der Waals surface area (Å²) in [5, 5.41) is 3.36. The van der Waals surface area contributed by atoms with Crippen LogP contribution in [0.25, 0.3) is 11.0 Å². The van der Waals surface area contributed by atoms with Gasteiger partial charge in [0.05, 0.1) is 22.7 Å². The number of carbonyl (C=O) groups is 1. The minimum atomic E-state index is -0.451. The number of halogens is 1. The van der Waals surface area contributed by atoms with Crippen LogP contribution < -0.4 is 5.32 Å². The molecule has 0 radical (unpaired) electrons. The highest BCUT2D eigenvalue weighted by molar-refractivity contribution is 7.71. The van der Waals surface area contributed by atoms with Gasteiger partial charge < -0.3 is 19.6 Å². The molecular weight excluding hydrogens is 298 g/mol. The van der Waals surface area contributed by atoms with E-state index >= 15 is 0 Å². The van der Waals surface area contributed by atoms with E-state index in [1.807, 2.05) is 12.1 Å². The maximum Gasteiger partial charge on any atom is 0.242 e. The Hall–Kier alpha value is -1.37. The van der Waals surface area contributed by atoms with E-state index in [2.05, 4.69) is 10.3 Å². The largest absolute Gasteiger partial charge is 0.383 e. The zero-order valence-corrected chi connectivity index (χ0v) is 12.8. The third kappa shape index (κ3) is 2.87. The fourth-order valence-corrected chi connectivity index (χ4v) is 2.67. The van der Waals surface area contributed by atoms with Crippen molar-refractivity contribution in [1.82, 2.24) is 14.9 Å². The van der Waals surface area contributed by atoms with Crippen molar-refractivity contribution >= 4 is 40.8 Å². The first-order chi connectivity index (χ1) is 9.56. The molecule has 1 heterocycles. The molecule has 0 saturated heterocycles. The second kappa shape index (κ2) is 6.39. The van der Waals surface area contributed by atoms with Crippen LogP contribution in [0.5, 0.6) is 0 Å². The Kier molecular flexibility index (Phi) is 4.80. The first kappa shape index (κ1) is 15.0. The van der Waals surface area contributed by atoms with E-state index in [4.69, 9.17) is 28.6 Å². The van der Waals surface area contributed by atoms with E-state index in [0.29, 0.717) is 22.9 Å². The topological polar surface area (TPSA) is 59.0 Å². The van der Waals surface area contributed by atoms with Gasteiger partial charge in [0.15, 0.2) is 4.77 Å². The van der Waals surface area contributed by atoms with Crippen molar-refractivity contribution in [1.29, 1.82) is 0 Å². The summed E-state index contributed by atoms with van der Waals surface area (Å²) in [4.78, 5) is 15.2. The number of hydrogen-bond donors (Lipinski definition) is 2. The van der Waals surface area contributed by atoms with Crippen LogP contribution in [0.15, 0.2) is 18.2 Å². The third-order valence-corrected chi connectivity index (χ3v) is 3.66. The lowest BCUT2D eigenvalue weighted by Gasteiger charge is -2.15. The summed E-state index contributed by atoms with van der Waals surface area (Å²) in [7, 11) is 1.59. The fraction of sp³-hybridized carbons (Fsp3) is 0.385. The Balaban J connectivity index is 2.35. The second-order valence-electron chi connectivity index (χ2n) is 4.40. The molecule has 2 rings (SSSR count). The Labute approximate surface area is 126 Å². The normalized spacial score (nSPS) is 12.6. The predicted octanol–water partition coefficient (Wildman–Crippen LogP) is 2.68. The fourth-order valence-electron chi connectivity index (χ4n) is 2.05. The number of methoxy groups -OCH3 is 1. The van der Waals surface area contributed by atoms with Crippen molar-refractivity contribution in [3.8, 4) is 0 Å². The molecule has 1 atom stereocenters. The van der Waals surface area contributed by atoms with E-state index in [1.165, 1.54) is 0 Å². The molecule has 1 aromatic heterocycles. The third-order valence-electron chi connectivity index (χ3n) is 3.06. The number of aromatic nitrogens is 2. The maximum atomic E-state index is 12.1. The molecule has 0 fully saturated rings. The summed E-state index contributed by atoms with van der Waals surface area (Å²) in [5.74, 6) is -0.126. The van der Waals surface area contributed by atoms with Crippen molar-refractivity contribution < 1.29 is 9.53 Å². The van der Waals surface area contributed by atoms with E-state index in [-0.39, 0.29) is 5.91 Å². The molecule has 2 aromatic rings. The number of aromatic amines is 1. The highest BCUT2D eigenvalue weighted by Crippen LogP contribution is 2.26. The highest BCUT2D eigenvalue weighted by Gasteiger charge is 2.19. The molecule has 108 valence electrons. The van der Waals surface area contributed by atoms with Gasteiger partial charge in [0.1, 0.15) is 6.04 Å². The van der Waals surface area contributed by atoms with Crippen molar-refractivity contribution in [2.45, 2.75) is 13.0 Å². The second-order valence-corrected chi connectivity index (χ2v) is 5.19. The van der Waals surface area contributed by atoms with Crippen LogP contribution in [0.2, 0.25) is 5.02 Å². The number of nitrogens with zero attached hydrogens (tertiary/aromatic N) is 1. The molecule has 20 heavy (non-hydrogen) atoms. The number of fused-ring (bicyclic) bond motifs is 1. The van der Waals surface area contributed by atoms with E-state index in [9.17, 15) is 4.79 Å². The summed E-state index contributed by atoms with van der Waals surface area (Å²) in [5.41, 5.74) is 1.56. The number of imidazole rings is 1. The minimum Gasteiger partial charge on any atom is -0.383 e. The molecule has 1 amide bonds. The van der Waals surface area contributed by atoms with Crippen LogP contribution in [0.1, 0.15) is 13.0 Å². The molecule has 5 nitrogen and oxygen atoms in total. The minimum absolute atomic E-state index is 0.126. The lowest BCUT2D eigenvalue weighted by Crippen LogP contribution is -2.33. The Bertz CT molecular complexity index is 680. The van der Waals surface area contributed by atoms with Crippen LogP contribution in [0.4, 0.5) is 0 Å². The number of benzene rings is 1. The zero-order chi connectivity index (χ0) is 14.7. The number of hydrogen-bond acceptors (Lipinski definition) is 3. The summed E-state index contributed by atoms with van der Waals surface area (Å²) < 4.78 is 7.11. The van der Waals surface area contributed by atoms with Crippen molar-refractivity contribution in [2.24, 2.45) is 0 Å². The highest BCUT2D eigenvalue weighted by atomic mass is 35.5. The Morgan fingerprint density at radius 3 is 3.05 bits per heavy atom. The summed E-state index contributed by atoms with van der Waals surface area (Å²) in [6, 6.07) is 5.04. The molecule has 0 saturated carbocycles. The first-order valence-corrected chi connectivity index (χ1v) is 7.00. The van der Waals surface area contributed by atoms with Gasteiger partial charge in [-0.15, -0.1) is 0 Å². The smallest absolute Gasteiger partial charge is 0.242 e. The number of ether oxygens (including phenoxy) is 1. The molecule has 1 unspecified atom stereocenters.